The zero-order chi connectivity index (χ0) is 5.91. The molecule has 0 amide bonds. The van der Waals surface area contributed by atoms with Gasteiger partial charge in [-0.2, -0.15) is 0 Å². The molecule has 0 saturated carbocycles. The number of hydrogen-bond donors (Lipinski definition) is 1. The van der Waals surface area contributed by atoms with Crippen LogP contribution in [-0.4, -0.2) is 17.0 Å². The zero-order valence-electron chi connectivity index (χ0n) is 4.01. The molecule has 0 aliphatic rings. The predicted molar refractivity (Wildman–Crippen MR) is 25.5 cm³/mol. The second kappa shape index (κ2) is 1.76. The van der Waals surface area contributed by atoms with Crippen LogP contribution >= 0.6 is 0 Å². The highest BCUT2D eigenvalue weighted by Crippen LogP contribution is 1.91. The van der Waals surface area contributed by atoms with Gasteiger partial charge in [-0.25, -0.2) is 0 Å². The molecule has 0 aliphatic heterocycles. The summed E-state index contributed by atoms with van der Waals surface area (Å²) >= 11 is 0. The molecule has 0 rings (SSSR count). The summed E-state index contributed by atoms with van der Waals surface area (Å²) in [4.78, 5) is 9.67. The van der Waals surface area contributed by atoms with E-state index in [1.807, 2.05) is 5.92 Å². The summed E-state index contributed by atoms with van der Waals surface area (Å²) in [5, 5.41) is 8.53. The van der Waals surface area contributed by atoms with Gasteiger partial charge in [-0.3, -0.25) is 4.79 Å². The smallest absolute Gasteiger partial charge is 0.177 e. The van der Waals surface area contributed by atoms with Crippen molar-refractivity contribution in [3.63, 3.8) is 0 Å². The summed E-state index contributed by atoms with van der Waals surface area (Å²) in [6, 6.07) is 0. The molecule has 2 nitrogen and oxygen atoms in total. The molecule has 2 heteroatoms. The van der Waals surface area contributed by atoms with Gasteiger partial charge in [0, 0.05) is 0 Å². The maximum atomic E-state index is 9.67. The van der Waals surface area contributed by atoms with E-state index in [1.165, 1.54) is 6.92 Å². The van der Waals surface area contributed by atoms with Gasteiger partial charge in [0.1, 0.15) is 0 Å². The first-order valence-corrected chi connectivity index (χ1v) is 1.79. The van der Waals surface area contributed by atoms with Gasteiger partial charge in [0.05, 0.1) is 0 Å². The maximum absolute atomic E-state index is 9.67. The Bertz CT molecular complexity index is 108. The van der Waals surface area contributed by atoms with Gasteiger partial charge >= 0.3 is 0 Å². The molecule has 1 N–H and O–H groups in total. The van der Waals surface area contributed by atoms with Crippen LogP contribution in [0.4, 0.5) is 0 Å². The Morgan fingerprint density at radius 2 is 2.43 bits per heavy atom. The monoisotopic (exact) mass is 98.0 g/mol. The number of terminal acetylenes is 1. The van der Waals surface area contributed by atoms with Crippen LogP contribution in [0.5, 0.6) is 0 Å². The molecule has 0 aromatic rings. The van der Waals surface area contributed by atoms with Gasteiger partial charge < -0.3 is 5.11 Å². The van der Waals surface area contributed by atoms with E-state index in [0.29, 0.717) is 6.29 Å². The molecule has 0 aliphatic carbocycles. The molecule has 0 spiro atoms. The Morgan fingerprint density at radius 3 is 2.43 bits per heavy atom. The van der Waals surface area contributed by atoms with E-state index < -0.39 is 5.60 Å². The summed E-state index contributed by atoms with van der Waals surface area (Å²) in [5.74, 6) is 1.88. The largest absolute Gasteiger partial charge is 0.371 e. The van der Waals surface area contributed by atoms with Crippen molar-refractivity contribution in [2.24, 2.45) is 0 Å². The second-order valence-electron chi connectivity index (χ2n) is 1.41. The maximum Gasteiger partial charge on any atom is 0.177 e. The fourth-order valence-corrected chi connectivity index (χ4v) is 0.0340. The topological polar surface area (TPSA) is 37.3 Å². The standard InChI is InChI=1S/C5H6O2/c1-3-5(2,7)4-6/h1,4,7H,2H3/t5-/m0/s1. The van der Waals surface area contributed by atoms with E-state index >= 15 is 0 Å². The van der Waals surface area contributed by atoms with Crippen molar-refractivity contribution in [1.82, 2.24) is 0 Å². The van der Waals surface area contributed by atoms with Crippen molar-refractivity contribution in [3.8, 4) is 12.3 Å². The van der Waals surface area contributed by atoms with Crippen molar-refractivity contribution in [1.29, 1.82) is 0 Å². The number of carbonyl (C=O) groups is 1. The first-order chi connectivity index (χ1) is 3.12. The highest BCUT2D eigenvalue weighted by molar-refractivity contribution is 5.66. The molecule has 0 unspecified atom stereocenters. The van der Waals surface area contributed by atoms with Gasteiger partial charge in [0.2, 0.25) is 0 Å². The number of aldehydes is 1. The van der Waals surface area contributed by atoms with Crippen LogP contribution in [0, 0.1) is 12.3 Å². The summed E-state index contributed by atoms with van der Waals surface area (Å²) in [6.45, 7) is 1.25. The van der Waals surface area contributed by atoms with E-state index in [2.05, 4.69) is 6.42 Å². The Balaban J connectivity index is 3.91. The SMILES string of the molecule is C#C[C@](C)(O)C=O. The molecule has 0 bridgehead atoms. The number of rotatable bonds is 1. The minimum absolute atomic E-state index is 0.312. The minimum atomic E-state index is -1.57. The molecule has 0 heterocycles. The lowest BCUT2D eigenvalue weighted by Gasteiger charge is -2.02. The normalized spacial score (nSPS) is 16.7. The molecular formula is C5H6O2. The number of aliphatic hydroxyl groups is 1. The highest BCUT2D eigenvalue weighted by Gasteiger charge is 2.12. The molecule has 0 saturated heterocycles. The van der Waals surface area contributed by atoms with Crippen LogP contribution in [-0.2, 0) is 4.79 Å². The first-order valence-electron chi connectivity index (χ1n) is 1.79. The van der Waals surface area contributed by atoms with Crippen molar-refractivity contribution in [3.05, 3.63) is 0 Å². The first kappa shape index (κ1) is 6.19. The van der Waals surface area contributed by atoms with Crippen LogP contribution in [0.25, 0.3) is 0 Å². The molecule has 7 heavy (non-hydrogen) atoms. The molecule has 0 radical (unpaired) electrons. The Kier molecular flexibility index (Phi) is 1.56. The van der Waals surface area contributed by atoms with Gasteiger partial charge in [-0.1, -0.05) is 5.92 Å². The summed E-state index contributed by atoms with van der Waals surface area (Å²) in [6.07, 6.45) is 5.00. The van der Waals surface area contributed by atoms with Crippen molar-refractivity contribution >= 4 is 6.29 Å². The van der Waals surface area contributed by atoms with Gasteiger partial charge in [-0.15, -0.1) is 6.42 Å². The molecule has 1 atom stereocenters. The summed E-state index contributed by atoms with van der Waals surface area (Å²) in [5.41, 5.74) is -1.57. The number of hydrogen-bond acceptors (Lipinski definition) is 2. The summed E-state index contributed by atoms with van der Waals surface area (Å²) in [7, 11) is 0. The minimum Gasteiger partial charge on any atom is -0.371 e. The quantitative estimate of drug-likeness (QED) is 0.357. The van der Waals surface area contributed by atoms with E-state index in [-0.39, 0.29) is 0 Å². The Labute approximate surface area is 42.2 Å². The average Bonchev–Trinajstić information content (AvgIpc) is 1.68. The Morgan fingerprint density at radius 1 is 2.00 bits per heavy atom. The van der Waals surface area contributed by atoms with Crippen molar-refractivity contribution < 1.29 is 9.90 Å². The van der Waals surface area contributed by atoms with Crippen LogP contribution in [0.15, 0.2) is 0 Å². The van der Waals surface area contributed by atoms with Crippen molar-refractivity contribution in [2.45, 2.75) is 12.5 Å². The van der Waals surface area contributed by atoms with E-state index in [4.69, 9.17) is 5.11 Å². The predicted octanol–water partition coefficient (Wildman–Crippen LogP) is -0.431. The average molecular weight is 98.1 g/mol. The summed E-state index contributed by atoms with van der Waals surface area (Å²) < 4.78 is 0. The van der Waals surface area contributed by atoms with Gasteiger partial charge in [0.25, 0.3) is 0 Å². The number of carbonyl (C=O) groups excluding carboxylic acids is 1. The van der Waals surface area contributed by atoms with Gasteiger partial charge in [-0.05, 0) is 6.92 Å². The fourth-order valence-electron chi connectivity index (χ4n) is 0.0340. The van der Waals surface area contributed by atoms with Crippen LogP contribution in [0.3, 0.4) is 0 Å². The third kappa shape index (κ3) is 1.96. The fraction of sp³-hybridized carbons (Fsp3) is 0.400. The zero-order valence-corrected chi connectivity index (χ0v) is 4.01. The van der Waals surface area contributed by atoms with Crippen LogP contribution < -0.4 is 0 Å². The van der Waals surface area contributed by atoms with E-state index in [9.17, 15) is 4.79 Å². The lowest BCUT2D eigenvalue weighted by atomic mass is 10.1. The van der Waals surface area contributed by atoms with Crippen molar-refractivity contribution in [2.75, 3.05) is 0 Å². The van der Waals surface area contributed by atoms with Gasteiger partial charge in [0.15, 0.2) is 11.9 Å². The lowest BCUT2D eigenvalue weighted by molar-refractivity contribution is -0.118. The second-order valence-corrected chi connectivity index (χ2v) is 1.41. The molecule has 0 aromatic carbocycles. The Hall–Kier alpha value is -0.810. The van der Waals surface area contributed by atoms with E-state index in [0.717, 1.165) is 0 Å². The highest BCUT2D eigenvalue weighted by atomic mass is 16.3. The molecule has 38 valence electrons. The van der Waals surface area contributed by atoms with Crippen LogP contribution in [0.1, 0.15) is 6.92 Å². The third-order valence-corrected chi connectivity index (χ3v) is 0.522. The molecule has 0 fully saturated rings. The third-order valence-electron chi connectivity index (χ3n) is 0.522. The van der Waals surface area contributed by atoms with E-state index in [1.54, 1.807) is 0 Å². The lowest BCUT2D eigenvalue weighted by Crippen LogP contribution is -2.22. The molecule has 0 aromatic heterocycles. The van der Waals surface area contributed by atoms with Crippen LogP contribution in [0.2, 0.25) is 0 Å². The molecular weight excluding hydrogens is 92.1 g/mol.